The van der Waals surface area contributed by atoms with E-state index in [2.05, 4.69) is 15.3 Å². The van der Waals surface area contributed by atoms with Gasteiger partial charge in [0.1, 0.15) is 16.5 Å². The molecule has 114 valence electrons. The van der Waals surface area contributed by atoms with Gasteiger partial charge in [0.05, 0.1) is 16.4 Å². The van der Waals surface area contributed by atoms with Gasteiger partial charge in [0, 0.05) is 12.1 Å². The number of hydrogen-bond acceptors (Lipinski definition) is 4. The van der Waals surface area contributed by atoms with Crippen molar-refractivity contribution in [1.29, 1.82) is 0 Å². The highest BCUT2D eigenvalue weighted by atomic mass is 35.5. The number of pyridine rings is 2. The Morgan fingerprint density at radius 3 is 2.77 bits per heavy atom. The van der Waals surface area contributed by atoms with E-state index in [1.54, 1.807) is 6.20 Å². The van der Waals surface area contributed by atoms with Crippen LogP contribution in [0.3, 0.4) is 0 Å². The number of rotatable bonds is 4. The lowest BCUT2D eigenvalue weighted by molar-refractivity contribution is 0.100. The Hall–Kier alpha value is -1.85. The fourth-order valence-corrected chi connectivity index (χ4v) is 2.87. The third-order valence-electron chi connectivity index (χ3n) is 3.58. The molecule has 22 heavy (non-hydrogen) atoms. The van der Waals surface area contributed by atoms with E-state index in [1.165, 1.54) is 6.07 Å². The maximum absolute atomic E-state index is 11.7. The van der Waals surface area contributed by atoms with E-state index in [0.29, 0.717) is 5.92 Å². The van der Waals surface area contributed by atoms with Gasteiger partial charge >= 0.3 is 0 Å². The molecule has 1 fully saturated rings. The Labute approximate surface area is 137 Å². The molecule has 1 saturated carbocycles. The summed E-state index contributed by atoms with van der Waals surface area (Å²) in [4.78, 5) is 20.3. The Kier molecular flexibility index (Phi) is 3.93. The van der Waals surface area contributed by atoms with Gasteiger partial charge in [-0.05, 0) is 37.5 Å². The smallest absolute Gasteiger partial charge is 0.253 e. The fraction of sp³-hybridized carbons (Fsp3) is 0.267. The van der Waals surface area contributed by atoms with Crippen LogP contribution in [0.1, 0.15) is 40.4 Å². The summed E-state index contributed by atoms with van der Waals surface area (Å²) in [5.41, 5.74) is 8.33. The average molecular weight is 337 g/mol. The lowest BCUT2D eigenvalue weighted by Crippen LogP contribution is -2.16. The van der Waals surface area contributed by atoms with Crippen molar-refractivity contribution >= 4 is 40.6 Å². The number of carbonyl (C=O) groups excluding carboxylic acids is 1. The number of anilines is 2. The summed E-state index contributed by atoms with van der Waals surface area (Å²) in [7, 11) is 0. The first kappa shape index (κ1) is 15.1. The molecule has 3 rings (SSSR count). The highest BCUT2D eigenvalue weighted by Gasteiger charge is 2.29. The fourth-order valence-electron chi connectivity index (χ4n) is 2.34. The molecule has 1 aliphatic rings. The highest BCUT2D eigenvalue weighted by Crippen LogP contribution is 2.44. The van der Waals surface area contributed by atoms with Crippen LogP contribution in [0.4, 0.5) is 11.5 Å². The molecule has 1 aliphatic carbocycles. The van der Waals surface area contributed by atoms with Gasteiger partial charge in [-0.25, -0.2) is 4.98 Å². The molecule has 0 aliphatic heterocycles. The summed E-state index contributed by atoms with van der Waals surface area (Å²) in [6.45, 7) is 1.96. The van der Waals surface area contributed by atoms with Crippen LogP contribution in [0.5, 0.6) is 0 Å². The van der Waals surface area contributed by atoms with Crippen LogP contribution in [0.25, 0.3) is 0 Å². The number of primary amides is 1. The molecule has 0 unspecified atom stereocenters. The minimum atomic E-state index is -0.661. The van der Waals surface area contributed by atoms with Gasteiger partial charge in [-0.2, -0.15) is 0 Å². The van der Waals surface area contributed by atoms with Gasteiger partial charge in [-0.3, -0.25) is 9.78 Å². The molecule has 0 radical (unpaired) electrons. The van der Waals surface area contributed by atoms with Crippen LogP contribution >= 0.6 is 23.2 Å². The first-order chi connectivity index (χ1) is 10.5. The van der Waals surface area contributed by atoms with Gasteiger partial charge in [-0.1, -0.05) is 23.2 Å². The molecular formula is C15H14Cl2N4O. The molecule has 5 nitrogen and oxygen atoms in total. The van der Waals surface area contributed by atoms with Crippen molar-refractivity contribution in [1.82, 2.24) is 9.97 Å². The number of carbonyl (C=O) groups is 1. The number of nitrogens with one attached hydrogen (secondary N) is 1. The predicted octanol–water partition coefficient (Wildman–Crippen LogP) is 3.81. The summed E-state index contributed by atoms with van der Waals surface area (Å²) in [5, 5.41) is 3.51. The topological polar surface area (TPSA) is 80.9 Å². The maximum atomic E-state index is 11.7. The highest BCUT2D eigenvalue weighted by molar-refractivity contribution is 6.37. The van der Waals surface area contributed by atoms with E-state index < -0.39 is 5.91 Å². The minimum absolute atomic E-state index is 0.121. The number of aromatic nitrogens is 2. The molecule has 0 bridgehead atoms. The predicted molar refractivity (Wildman–Crippen MR) is 87.0 cm³/mol. The summed E-state index contributed by atoms with van der Waals surface area (Å²) < 4.78 is 0. The van der Waals surface area contributed by atoms with Crippen molar-refractivity contribution in [3.8, 4) is 0 Å². The van der Waals surface area contributed by atoms with Gasteiger partial charge in [-0.15, -0.1) is 0 Å². The first-order valence-corrected chi connectivity index (χ1v) is 7.61. The molecule has 2 aromatic rings. The minimum Gasteiger partial charge on any atom is -0.365 e. The van der Waals surface area contributed by atoms with Gasteiger partial charge in [0.25, 0.3) is 5.91 Å². The average Bonchev–Trinajstić information content (AvgIpc) is 3.24. The molecule has 0 saturated heterocycles. The van der Waals surface area contributed by atoms with Gasteiger partial charge in [0.15, 0.2) is 0 Å². The van der Waals surface area contributed by atoms with Crippen molar-refractivity contribution in [2.75, 3.05) is 5.32 Å². The van der Waals surface area contributed by atoms with Crippen LogP contribution in [0.15, 0.2) is 18.3 Å². The summed E-state index contributed by atoms with van der Waals surface area (Å²) in [6.07, 6.45) is 4.00. The Balaban J connectivity index is 2.09. The number of amides is 1. The molecule has 3 N–H and O–H groups in total. The summed E-state index contributed by atoms with van der Waals surface area (Å²) in [5.74, 6) is 0.0308. The monoisotopic (exact) mass is 336 g/mol. The zero-order valence-corrected chi connectivity index (χ0v) is 13.4. The molecule has 0 spiro atoms. The second-order valence-electron chi connectivity index (χ2n) is 5.30. The van der Waals surface area contributed by atoms with E-state index in [0.717, 1.165) is 29.8 Å². The van der Waals surface area contributed by atoms with Crippen molar-refractivity contribution < 1.29 is 4.79 Å². The van der Waals surface area contributed by atoms with E-state index in [4.69, 9.17) is 28.9 Å². The van der Waals surface area contributed by atoms with Crippen molar-refractivity contribution in [3.63, 3.8) is 0 Å². The van der Waals surface area contributed by atoms with Crippen LogP contribution in [0, 0.1) is 6.92 Å². The lowest BCUT2D eigenvalue weighted by Gasteiger charge is -2.15. The van der Waals surface area contributed by atoms with Crippen molar-refractivity contribution in [2.45, 2.75) is 25.7 Å². The van der Waals surface area contributed by atoms with Crippen LogP contribution < -0.4 is 11.1 Å². The summed E-state index contributed by atoms with van der Waals surface area (Å²) in [6, 6.07) is 3.29. The number of hydrogen-bond donors (Lipinski definition) is 2. The number of nitrogens with two attached hydrogens (primary N) is 1. The third kappa shape index (κ3) is 2.87. The Morgan fingerprint density at radius 2 is 2.14 bits per heavy atom. The standard InChI is InChI=1S/C15H14Cl2N4O/c1-7-4-5-19-13(8-2-3-8)12(7)21-15-11(14(18)22)9(16)6-10(17)20-15/h4-6,8H,2-3H2,1H3,(H2,18,22)(H,20,21). The third-order valence-corrected chi connectivity index (χ3v) is 4.07. The largest absolute Gasteiger partial charge is 0.365 e. The lowest BCUT2D eigenvalue weighted by atomic mass is 10.1. The summed E-state index contributed by atoms with van der Waals surface area (Å²) >= 11 is 12.0. The SMILES string of the molecule is Cc1ccnc(C2CC2)c1Nc1nc(Cl)cc(Cl)c1C(N)=O. The Bertz CT molecular complexity index is 759. The van der Waals surface area contributed by atoms with Crippen molar-refractivity contribution in [2.24, 2.45) is 5.73 Å². The quantitative estimate of drug-likeness (QED) is 0.831. The van der Waals surface area contributed by atoms with E-state index >= 15 is 0 Å². The number of nitrogens with zero attached hydrogens (tertiary/aromatic N) is 2. The molecule has 2 aromatic heterocycles. The van der Waals surface area contributed by atoms with Crippen molar-refractivity contribution in [3.05, 3.63) is 45.3 Å². The van der Waals surface area contributed by atoms with E-state index in [9.17, 15) is 4.79 Å². The Morgan fingerprint density at radius 1 is 1.41 bits per heavy atom. The molecule has 7 heteroatoms. The number of aryl methyl sites for hydroxylation is 1. The zero-order chi connectivity index (χ0) is 15.9. The molecule has 0 atom stereocenters. The van der Waals surface area contributed by atoms with Crippen LogP contribution in [-0.2, 0) is 0 Å². The van der Waals surface area contributed by atoms with Gasteiger partial charge in [0.2, 0.25) is 0 Å². The molecular weight excluding hydrogens is 323 g/mol. The molecule has 2 heterocycles. The molecule has 1 amide bonds. The first-order valence-electron chi connectivity index (χ1n) is 6.85. The van der Waals surface area contributed by atoms with Crippen LogP contribution in [-0.4, -0.2) is 15.9 Å². The van der Waals surface area contributed by atoms with Crippen LogP contribution in [0.2, 0.25) is 10.2 Å². The van der Waals surface area contributed by atoms with Gasteiger partial charge < -0.3 is 11.1 Å². The normalized spacial score (nSPS) is 14.0. The van der Waals surface area contributed by atoms with E-state index in [-0.39, 0.29) is 21.6 Å². The number of halogens is 2. The maximum Gasteiger partial charge on any atom is 0.253 e. The van der Waals surface area contributed by atoms with E-state index in [1.807, 2.05) is 13.0 Å². The second-order valence-corrected chi connectivity index (χ2v) is 6.10. The zero-order valence-electron chi connectivity index (χ0n) is 11.9. The molecule has 0 aromatic carbocycles. The second kappa shape index (κ2) is 5.74.